The molecule has 0 radical (unpaired) electrons. The van der Waals surface area contributed by atoms with Gasteiger partial charge >= 0.3 is 0 Å². The predicted octanol–water partition coefficient (Wildman–Crippen LogP) is 5.09. The van der Waals surface area contributed by atoms with Crippen LogP contribution in [0.5, 0.6) is 0 Å². The number of nitrogens with two attached hydrogens (primary N) is 1. The molecule has 1 aromatic rings. The van der Waals surface area contributed by atoms with Gasteiger partial charge in [0.15, 0.2) is 0 Å². The van der Waals surface area contributed by atoms with Gasteiger partial charge in [-0.05, 0) is 50.0 Å². The number of hydrogen-bond acceptors (Lipinski definition) is 1. The Kier molecular flexibility index (Phi) is 6.09. The minimum atomic E-state index is 0.122. The first kappa shape index (κ1) is 15.6. The van der Waals surface area contributed by atoms with Gasteiger partial charge in [-0.15, -0.1) is 0 Å². The summed E-state index contributed by atoms with van der Waals surface area (Å²) in [5, 5.41) is 0. The fourth-order valence-electron chi connectivity index (χ4n) is 3.74. The molecule has 1 fully saturated rings. The molecule has 0 spiro atoms. The quantitative estimate of drug-likeness (QED) is 0.718. The molecule has 0 saturated heterocycles. The van der Waals surface area contributed by atoms with Gasteiger partial charge in [0.25, 0.3) is 0 Å². The maximum absolute atomic E-state index is 6.68. The standard InChI is InChI=1S/C19H31N/c1-2-8-17-11-6-14-19(20,16-13-17)15-7-12-18-9-4-3-5-10-18/h3-5,9-10,17H,2,6-8,11-16,20H2,1H3. The van der Waals surface area contributed by atoms with Gasteiger partial charge in [0, 0.05) is 5.54 Å². The number of rotatable bonds is 6. The van der Waals surface area contributed by atoms with E-state index in [1.165, 1.54) is 69.8 Å². The lowest BCUT2D eigenvalue weighted by atomic mass is 9.85. The predicted molar refractivity (Wildman–Crippen MR) is 87.8 cm³/mol. The number of aryl methyl sites for hydroxylation is 1. The highest BCUT2D eigenvalue weighted by Gasteiger charge is 2.28. The molecule has 1 saturated carbocycles. The van der Waals surface area contributed by atoms with Gasteiger partial charge in [-0.2, -0.15) is 0 Å². The molecule has 1 aliphatic rings. The molecule has 20 heavy (non-hydrogen) atoms. The van der Waals surface area contributed by atoms with Crippen molar-refractivity contribution in [2.75, 3.05) is 0 Å². The molecule has 0 amide bonds. The summed E-state index contributed by atoms with van der Waals surface area (Å²) in [7, 11) is 0. The summed E-state index contributed by atoms with van der Waals surface area (Å²) in [4.78, 5) is 0. The summed E-state index contributed by atoms with van der Waals surface area (Å²) in [5.74, 6) is 0.944. The summed E-state index contributed by atoms with van der Waals surface area (Å²) < 4.78 is 0. The molecule has 112 valence electrons. The second-order valence-corrected chi connectivity index (χ2v) is 6.79. The third-order valence-corrected chi connectivity index (χ3v) is 5.02. The van der Waals surface area contributed by atoms with Crippen LogP contribution in [-0.2, 0) is 6.42 Å². The van der Waals surface area contributed by atoms with Gasteiger partial charge in [-0.25, -0.2) is 0 Å². The zero-order valence-corrected chi connectivity index (χ0v) is 13.1. The zero-order valence-electron chi connectivity index (χ0n) is 13.1. The molecule has 0 aromatic heterocycles. The van der Waals surface area contributed by atoms with Crippen LogP contribution in [0, 0.1) is 5.92 Å². The average Bonchev–Trinajstić information content (AvgIpc) is 2.63. The Morgan fingerprint density at radius 1 is 1.15 bits per heavy atom. The fraction of sp³-hybridized carbons (Fsp3) is 0.684. The van der Waals surface area contributed by atoms with E-state index in [0.717, 1.165) is 5.92 Å². The molecular weight excluding hydrogens is 242 g/mol. The second-order valence-electron chi connectivity index (χ2n) is 6.79. The molecule has 2 unspecified atom stereocenters. The van der Waals surface area contributed by atoms with E-state index < -0.39 is 0 Å². The van der Waals surface area contributed by atoms with Crippen LogP contribution >= 0.6 is 0 Å². The molecule has 2 N–H and O–H groups in total. The first-order valence-electron chi connectivity index (χ1n) is 8.55. The highest BCUT2D eigenvalue weighted by atomic mass is 14.7. The van der Waals surface area contributed by atoms with Gasteiger partial charge in [-0.3, -0.25) is 0 Å². The van der Waals surface area contributed by atoms with Crippen molar-refractivity contribution in [2.24, 2.45) is 11.7 Å². The summed E-state index contributed by atoms with van der Waals surface area (Å²) in [6.45, 7) is 2.31. The van der Waals surface area contributed by atoms with Gasteiger partial charge in [0.2, 0.25) is 0 Å². The maximum Gasteiger partial charge on any atom is 0.0154 e. The first-order chi connectivity index (χ1) is 9.72. The van der Waals surface area contributed by atoms with Crippen LogP contribution in [0.1, 0.15) is 70.3 Å². The lowest BCUT2D eigenvalue weighted by Crippen LogP contribution is -2.39. The first-order valence-corrected chi connectivity index (χ1v) is 8.55. The summed E-state index contributed by atoms with van der Waals surface area (Å²) in [5.41, 5.74) is 8.26. The highest BCUT2D eigenvalue weighted by molar-refractivity contribution is 5.14. The van der Waals surface area contributed by atoms with Crippen molar-refractivity contribution in [1.82, 2.24) is 0 Å². The molecule has 1 heteroatoms. The highest BCUT2D eigenvalue weighted by Crippen LogP contribution is 2.33. The lowest BCUT2D eigenvalue weighted by Gasteiger charge is -2.28. The topological polar surface area (TPSA) is 26.0 Å². The van der Waals surface area contributed by atoms with Crippen LogP contribution in [0.4, 0.5) is 0 Å². The van der Waals surface area contributed by atoms with E-state index in [1.807, 2.05) is 0 Å². The van der Waals surface area contributed by atoms with E-state index in [4.69, 9.17) is 5.73 Å². The van der Waals surface area contributed by atoms with Crippen LogP contribution in [0.3, 0.4) is 0 Å². The van der Waals surface area contributed by atoms with E-state index in [9.17, 15) is 0 Å². The van der Waals surface area contributed by atoms with Crippen molar-refractivity contribution in [3.8, 4) is 0 Å². The molecule has 1 nitrogen and oxygen atoms in total. The van der Waals surface area contributed by atoms with Crippen molar-refractivity contribution in [3.05, 3.63) is 35.9 Å². The van der Waals surface area contributed by atoms with Crippen LogP contribution in [0.2, 0.25) is 0 Å². The third kappa shape index (κ3) is 4.94. The number of hydrogen-bond donors (Lipinski definition) is 1. The fourth-order valence-corrected chi connectivity index (χ4v) is 3.74. The van der Waals surface area contributed by atoms with E-state index in [0.29, 0.717) is 0 Å². The molecule has 2 atom stereocenters. The minimum Gasteiger partial charge on any atom is -0.325 e. The normalized spacial score (nSPS) is 27.2. The van der Waals surface area contributed by atoms with Crippen LogP contribution in [-0.4, -0.2) is 5.54 Å². The van der Waals surface area contributed by atoms with Gasteiger partial charge in [-0.1, -0.05) is 62.9 Å². The molecular formula is C19H31N. The number of benzene rings is 1. The van der Waals surface area contributed by atoms with E-state index >= 15 is 0 Å². The Hall–Kier alpha value is -0.820. The van der Waals surface area contributed by atoms with Gasteiger partial charge in [0.05, 0.1) is 0 Å². The van der Waals surface area contributed by atoms with Crippen molar-refractivity contribution < 1.29 is 0 Å². The molecule has 0 bridgehead atoms. The SMILES string of the molecule is CCCC1CCCC(N)(CCCc2ccccc2)CC1. The maximum atomic E-state index is 6.68. The molecule has 1 aromatic carbocycles. The molecule has 2 rings (SSSR count). The largest absolute Gasteiger partial charge is 0.325 e. The van der Waals surface area contributed by atoms with Crippen LogP contribution in [0.25, 0.3) is 0 Å². The smallest absolute Gasteiger partial charge is 0.0154 e. The summed E-state index contributed by atoms with van der Waals surface area (Å²) in [6, 6.07) is 10.8. The summed E-state index contributed by atoms with van der Waals surface area (Å²) in [6.07, 6.45) is 12.9. The van der Waals surface area contributed by atoms with E-state index in [1.54, 1.807) is 0 Å². The minimum absolute atomic E-state index is 0.122. The monoisotopic (exact) mass is 273 g/mol. The van der Waals surface area contributed by atoms with E-state index in [2.05, 4.69) is 37.3 Å². The van der Waals surface area contributed by atoms with Crippen LogP contribution < -0.4 is 5.73 Å². The zero-order chi connectivity index (χ0) is 14.3. The van der Waals surface area contributed by atoms with E-state index in [-0.39, 0.29) is 5.54 Å². The lowest BCUT2D eigenvalue weighted by molar-refractivity contribution is 0.328. The second kappa shape index (κ2) is 7.83. The molecule has 1 aliphatic carbocycles. The van der Waals surface area contributed by atoms with Crippen molar-refractivity contribution in [1.29, 1.82) is 0 Å². The van der Waals surface area contributed by atoms with Gasteiger partial charge < -0.3 is 5.73 Å². The Morgan fingerprint density at radius 3 is 2.70 bits per heavy atom. The Bertz CT molecular complexity index is 373. The van der Waals surface area contributed by atoms with Crippen molar-refractivity contribution >= 4 is 0 Å². The average molecular weight is 273 g/mol. The Morgan fingerprint density at radius 2 is 1.95 bits per heavy atom. The molecule has 0 aliphatic heterocycles. The van der Waals surface area contributed by atoms with Crippen molar-refractivity contribution in [2.45, 2.75) is 76.7 Å². The van der Waals surface area contributed by atoms with Crippen LogP contribution in [0.15, 0.2) is 30.3 Å². The van der Waals surface area contributed by atoms with Crippen molar-refractivity contribution in [3.63, 3.8) is 0 Å². The Labute approximate surface area is 125 Å². The molecule has 0 heterocycles. The summed E-state index contributed by atoms with van der Waals surface area (Å²) >= 11 is 0. The third-order valence-electron chi connectivity index (χ3n) is 5.02. The van der Waals surface area contributed by atoms with Gasteiger partial charge in [0.1, 0.15) is 0 Å². The Balaban J connectivity index is 1.76.